The number of methoxy groups -OCH3 is 1. The fourth-order valence-electron chi connectivity index (χ4n) is 1.96. The first-order chi connectivity index (χ1) is 10.2. The zero-order valence-electron chi connectivity index (χ0n) is 12.3. The van der Waals surface area contributed by atoms with Crippen molar-refractivity contribution in [3.8, 4) is 17.6 Å². The average Bonchev–Trinajstić information content (AvgIpc) is 2.51. The first-order valence-corrected chi connectivity index (χ1v) is 7.77. The standard InChI is InChI=1S/C18H19NOS/c1-14-5-3-7-17(11-14)21-13-15-8-9-18(20-2)16(12-15)6-4-10-19/h3,5,7-9,11-12H,10,13,19H2,1-2H3. The summed E-state index contributed by atoms with van der Waals surface area (Å²) in [6.07, 6.45) is 0. The van der Waals surface area contributed by atoms with E-state index >= 15 is 0 Å². The molecule has 0 heterocycles. The molecule has 3 heteroatoms. The number of hydrogen-bond acceptors (Lipinski definition) is 3. The van der Waals surface area contributed by atoms with E-state index in [0.717, 1.165) is 17.1 Å². The van der Waals surface area contributed by atoms with Crippen LogP contribution in [0.5, 0.6) is 5.75 Å². The van der Waals surface area contributed by atoms with Gasteiger partial charge in [-0.2, -0.15) is 0 Å². The summed E-state index contributed by atoms with van der Waals surface area (Å²) in [5, 5.41) is 0. The molecule has 2 aromatic rings. The normalized spacial score (nSPS) is 9.86. The maximum absolute atomic E-state index is 5.44. The molecule has 2 N–H and O–H groups in total. The number of aryl methyl sites for hydroxylation is 1. The molecule has 0 unspecified atom stereocenters. The summed E-state index contributed by atoms with van der Waals surface area (Å²) in [6, 6.07) is 14.6. The molecule has 0 aromatic heterocycles. The SMILES string of the molecule is COc1ccc(CSc2cccc(C)c2)cc1C#CCN. The van der Waals surface area contributed by atoms with Crippen molar-refractivity contribution in [3.63, 3.8) is 0 Å². The maximum Gasteiger partial charge on any atom is 0.134 e. The number of nitrogens with two attached hydrogens (primary N) is 1. The van der Waals surface area contributed by atoms with Crippen molar-refractivity contribution in [1.29, 1.82) is 0 Å². The van der Waals surface area contributed by atoms with E-state index in [1.54, 1.807) is 7.11 Å². The summed E-state index contributed by atoms with van der Waals surface area (Å²) < 4.78 is 5.33. The second-order valence-electron chi connectivity index (χ2n) is 4.65. The van der Waals surface area contributed by atoms with Crippen LogP contribution in [0.25, 0.3) is 0 Å². The van der Waals surface area contributed by atoms with Crippen LogP contribution in [0.2, 0.25) is 0 Å². The molecule has 0 radical (unpaired) electrons. The molecule has 0 spiro atoms. The molecule has 2 nitrogen and oxygen atoms in total. The van der Waals surface area contributed by atoms with Crippen LogP contribution in [-0.2, 0) is 5.75 Å². The minimum absolute atomic E-state index is 0.353. The van der Waals surface area contributed by atoms with Gasteiger partial charge in [0.1, 0.15) is 5.75 Å². The molecule has 108 valence electrons. The van der Waals surface area contributed by atoms with Crippen molar-refractivity contribution >= 4 is 11.8 Å². The number of thioether (sulfide) groups is 1. The van der Waals surface area contributed by atoms with Gasteiger partial charge in [-0.05, 0) is 36.8 Å². The summed E-state index contributed by atoms with van der Waals surface area (Å²) >= 11 is 1.82. The molecular weight excluding hydrogens is 278 g/mol. The van der Waals surface area contributed by atoms with Crippen molar-refractivity contribution in [2.75, 3.05) is 13.7 Å². The molecule has 0 amide bonds. The van der Waals surface area contributed by atoms with Crippen LogP contribution < -0.4 is 10.5 Å². The van der Waals surface area contributed by atoms with Gasteiger partial charge in [-0.25, -0.2) is 0 Å². The highest BCUT2D eigenvalue weighted by Gasteiger charge is 2.03. The fourth-order valence-corrected chi connectivity index (χ4v) is 2.92. The third-order valence-corrected chi connectivity index (χ3v) is 4.05. The first kappa shape index (κ1) is 15.5. The zero-order valence-corrected chi connectivity index (χ0v) is 13.2. The Labute approximate surface area is 130 Å². The molecule has 0 aliphatic carbocycles. The van der Waals surface area contributed by atoms with Crippen molar-refractivity contribution in [3.05, 3.63) is 59.2 Å². The summed E-state index contributed by atoms with van der Waals surface area (Å²) in [7, 11) is 1.66. The van der Waals surface area contributed by atoms with E-state index in [-0.39, 0.29) is 0 Å². The Bertz CT molecular complexity index is 670. The van der Waals surface area contributed by atoms with E-state index < -0.39 is 0 Å². The van der Waals surface area contributed by atoms with E-state index in [1.807, 2.05) is 17.8 Å². The molecule has 21 heavy (non-hydrogen) atoms. The molecule has 0 bridgehead atoms. The van der Waals surface area contributed by atoms with Gasteiger partial charge in [-0.15, -0.1) is 11.8 Å². The Hall–Kier alpha value is -1.89. The van der Waals surface area contributed by atoms with Crippen LogP contribution in [0.4, 0.5) is 0 Å². The van der Waals surface area contributed by atoms with Gasteiger partial charge in [0.05, 0.1) is 19.2 Å². The van der Waals surface area contributed by atoms with Crippen molar-refractivity contribution in [2.45, 2.75) is 17.6 Å². The molecule has 2 rings (SSSR count). The predicted molar refractivity (Wildman–Crippen MR) is 89.7 cm³/mol. The van der Waals surface area contributed by atoms with Gasteiger partial charge >= 0.3 is 0 Å². The summed E-state index contributed by atoms with van der Waals surface area (Å²) in [5.74, 6) is 7.64. The van der Waals surface area contributed by atoms with Crippen LogP contribution in [0, 0.1) is 18.8 Å². The van der Waals surface area contributed by atoms with Crippen LogP contribution >= 0.6 is 11.8 Å². The highest BCUT2D eigenvalue weighted by Crippen LogP contribution is 2.26. The fraction of sp³-hybridized carbons (Fsp3) is 0.222. The Morgan fingerprint density at radius 2 is 2.05 bits per heavy atom. The predicted octanol–water partition coefficient (Wildman–Crippen LogP) is 3.61. The van der Waals surface area contributed by atoms with Crippen LogP contribution in [0.1, 0.15) is 16.7 Å². The third-order valence-electron chi connectivity index (χ3n) is 2.98. The molecule has 0 atom stereocenters. The van der Waals surface area contributed by atoms with Crippen LogP contribution in [-0.4, -0.2) is 13.7 Å². The minimum atomic E-state index is 0.353. The van der Waals surface area contributed by atoms with Gasteiger partial charge in [0.15, 0.2) is 0 Å². The second kappa shape index (κ2) is 7.78. The summed E-state index contributed by atoms with van der Waals surface area (Å²) in [5.41, 5.74) is 8.84. The maximum atomic E-state index is 5.44. The van der Waals surface area contributed by atoms with E-state index in [0.29, 0.717) is 6.54 Å². The smallest absolute Gasteiger partial charge is 0.134 e. The lowest BCUT2D eigenvalue weighted by atomic mass is 10.1. The Morgan fingerprint density at radius 1 is 1.19 bits per heavy atom. The lowest BCUT2D eigenvalue weighted by Crippen LogP contribution is -1.94. The molecule has 0 aliphatic rings. The molecule has 2 aromatic carbocycles. The van der Waals surface area contributed by atoms with Gasteiger partial charge in [-0.3, -0.25) is 0 Å². The lowest BCUT2D eigenvalue weighted by Gasteiger charge is -2.07. The Kier molecular flexibility index (Phi) is 5.74. The van der Waals surface area contributed by atoms with Crippen LogP contribution in [0.15, 0.2) is 47.4 Å². The highest BCUT2D eigenvalue weighted by atomic mass is 32.2. The van der Waals surface area contributed by atoms with Crippen molar-refractivity contribution in [2.24, 2.45) is 5.73 Å². The number of hydrogen-bond donors (Lipinski definition) is 1. The average molecular weight is 297 g/mol. The first-order valence-electron chi connectivity index (χ1n) is 6.78. The monoisotopic (exact) mass is 297 g/mol. The molecule has 0 aliphatic heterocycles. The third kappa shape index (κ3) is 4.56. The summed E-state index contributed by atoms with van der Waals surface area (Å²) in [4.78, 5) is 1.28. The van der Waals surface area contributed by atoms with Gasteiger partial charge < -0.3 is 10.5 Å². The lowest BCUT2D eigenvalue weighted by molar-refractivity contribution is 0.413. The molecular formula is C18H19NOS. The molecule has 0 saturated carbocycles. The minimum Gasteiger partial charge on any atom is -0.495 e. The van der Waals surface area contributed by atoms with E-state index in [1.165, 1.54) is 16.0 Å². The molecule has 0 saturated heterocycles. The number of ether oxygens (including phenoxy) is 1. The highest BCUT2D eigenvalue weighted by molar-refractivity contribution is 7.98. The van der Waals surface area contributed by atoms with Gasteiger partial charge in [0, 0.05) is 10.6 Å². The van der Waals surface area contributed by atoms with E-state index in [4.69, 9.17) is 10.5 Å². The molecule has 0 fully saturated rings. The topological polar surface area (TPSA) is 35.2 Å². The Balaban J connectivity index is 2.13. The quantitative estimate of drug-likeness (QED) is 0.691. The number of benzene rings is 2. The second-order valence-corrected chi connectivity index (χ2v) is 5.69. The van der Waals surface area contributed by atoms with E-state index in [2.05, 4.69) is 55.2 Å². The Morgan fingerprint density at radius 3 is 2.76 bits per heavy atom. The van der Waals surface area contributed by atoms with Crippen LogP contribution in [0.3, 0.4) is 0 Å². The van der Waals surface area contributed by atoms with Gasteiger partial charge in [0.2, 0.25) is 0 Å². The van der Waals surface area contributed by atoms with Crippen molar-refractivity contribution in [1.82, 2.24) is 0 Å². The zero-order chi connectivity index (χ0) is 15.1. The van der Waals surface area contributed by atoms with Gasteiger partial charge in [-0.1, -0.05) is 35.6 Å². The van der Waals surface area contributed by atoms with Crippen molar-refractivity contribution < 1.29 is 4.74 Å². The largest absolute Gasteiger partial charge is 0.495 e. The van der Waals surface area contributed by atoms with Gasteiger partial charge in [0.25, 0.3) is 0 Å². The summed E-state index contributed by atoms with van der Waals surface area (Å²) in [6.45, 7) is 2.46. The number of rotatable bonds is 4. The van der Waals surface area contributed by atoms with E-state index in [9.17, 15) is 0 Å².